The molecule has 110 valence electrons. The van der Waals surface area contributed by atoms with Crippen LogP contribution in [0.25, 0.3) is 0 Å². The van der Waals surface area contributed by atoms with Crippen molar-refractivity contribution in [3.8, 4) is 0 Å². The van der Waals surface area contributed by atoms with Crippen molar-refractivity contribution in [2.75, 3.05) is 6.54 Å². The number of carbonyl (C=O) groups excluding carboxylic acids is 1. The van der Waals surface area contributed by atoms with Gasteiger partial charge in [0.15, 0.2) is 0 Å². The smallest absolute Gasteiger partial charge is 0.397 e. The van der Waals surface area contributed by atoms with Gasteiger partial charge < -0.3 is 10.0 Å². The normalized spacial score (nSPS) is 25.3. The highest BCUT2D eigenvalue weighted by Crippen LogP contribution is 2.24. The molecule has 3 atom stereocenters. The summed E-state index contributed by atoms with van der Waals surface area (Å²) in [6.07, 6.45) is -0.660. The quantitative estimate of drug-likeness (QED) is 0.679. The lowest BCUT2D eigenvalue weighted by Crippen LogP contribution is -2.43. The van der Waals surface area contributed by atoms with Gasteiger partial charge in [0.25, 0.3) is 0 Å². The van der Waals surface area contributed by atoms with E-state index in [0.29, 0.717) is 6.42 Å². The lowest BCUT2D eigenvalue weighted by atomic mass is 10.1. The molecule has 1 aliphatic rings. The van der Waals surface area contributed by atoms with Crippen molar-refractivity contribution in [1.29, 1.82) is 0 Å². The van der Waals surface area contributed by atoms with E-state index in [1.807, 2.05) is 0 Å². The molecule has 1 unspecified atom stereocenters. The molecule has 0 spiro atoms. The maximum absolute atomic E-state index is 12.0. The van der Waals surface area contributed by atoms with Gasteiger partial charge in [-0.25, -0.2) is 8.98 Å². The van der Waals surface area contributed by atoms with Gasteiger partial charge >= 0.3 is 16.4 Å². The van der Waals surface area contributed by atoms with Crippen molar-refractivity contribution >= 4 is 22.3 Å². The average Bonchev–Trinajstić information content (AvgIpc) is 2.68. The van der Waals surface area contributed by atoms with Crippen LogP contribution in [0.5, 0.6) is 0 Å². The van der Waals surface area contributed by atoms with E-state index in [-0.39, 0.29) is 24.8 Å². The highest BCUT2D eigenvalue weighted by atomic mass is 32.3. The molecule has 1 fully saturated rings. The predicted molar refractivity (Wildman–Crippen MR) is 63.6 cm³/mol. The minimum absolute atomic E-state index is 0.167. The van der Waals surface area contributed by atoms with Crippen LogP contribution in [0.15, 0.2) is 0 Å². The topological polar surface area (TPSA) is 121 Å². The standard InChI is InChI=1S/C10H17NO7S/c1-3-6(2)9(12)11-5-7(18-19(15,16)17)4-8(11)10(13)14/h6-8H,3-5H2,1-2H3,(H,13,14)(H,15,16,17)/t6?,7-,8+/m0/s1. The van der Waals surface area contributed by atoms with Crippen LogP contribution in [-0.4, -0.2) is 53.5 Å². The Morgan fingerprint density at radius 1 is 1.47 bits per heavy atom. The molecule has 8 nitrogen and oxygen atoms in total. The first-order valence-electron chi connectivity index (χ1n) is 5.84. The fourth-order valence-electron chi connectivity index (χ4n) is 1.97. The summed E-state index contributed by atoms with van der Waals surface area (Å²) in [5.74, 6) is -1.94. The molecule has 1 rings (SSSR count). The number of carbonyl (C=O) groups is 2. The van der Waals surface area contributed by atoms with Gasteiger partial charge in [-0.15, -0.1) is 0 Å². The molecular weight excluding hydrogens is 278 g/mol. The van der Waals surface area contributed by atoms with E-state index in [1.54, 1.807) is 13.8 Å². The monoisotopic (exact) mass is 295 g/mol. The van der Waals surface area contributed by atoms with Gasteiger partial charge in [-0.3, -0.25) is 9.35 Å². The third-order valence-electron chi connectivity index (χ3n) is 3.12. The van der Waals surface area contributed by atoms with Crippen molar-refractivity contribution in [3.05, 3.63) is 0 Å². The maximum atomic E-state index is 12.0. The average molecular weight is 295 g/mol. The summed E-state index contributed by atoms with van der Waals surface area (Å²) in [6.45, 7) is 3.29. The largest absolute Gasteiger partial charge is 0.480 e. The molecule has 1 aliphatic heterocycles. The number of carboxylic acid groups (broad SMARTS) is 1. The predicted octanol–water partition coefficient (Wildman–Crippen LogP) is -0.0940. The van der Waals surface area contributed by atoms with Gasteiger partial charge in [0, 0.05) is 18.9 Å². The fourth-order valence-corrected chi connectivity index (χ4v) is 2.46. The molecule has 0 bridgehead atoms. The Morgan fingerprint density at radius 2 is 2.05 bits per heavy atom. The Morgan fingerprint density at radius 3 is 2.47 bits per heavy atom. The molecule has 9 heteroatoms. The first-order chi connectivity index (χ1) is 8.65. The number of carboxylic acids is 1. The molecule has 2 N–H and O–H groups in total. The maximum Gasteiger partial charge on any atom is 0.397 e. The van der Waals surface area contributed by atoms with Crippen molar-refractivity contribution in [2.45, 2.75) is 38.8 Å². The number of aliphatic carboxylic acids is 1. The van der Waals surface area contributed by atoms with Crippen LogP contribution in [-0.2, 0) is 24.2 Å². The summed E-state index contributed by atoms with van der Waals surface area (Å²) < 4.78 is 34.2. The molecule has 0 saturated carbocycles. The van der Waals surface area contributed by atoms with Gasteiger partial charge in [0.2, 0.25) is 5.91 Å². The Labute approximate surface area is 111 Å². The Kier molecular flexibility index (Phi) is 4.88. The van der Waals surface area contributed by atoms with Crippen LogP contribution in [0.1, 0.15) is 26.7 Å². The molecule has 0 radical (unpaired) electrons. The summed E-state index contributed by atoms with van der Waals surface area (Å²) in [5, 5.41) is 9.04. The number of hydrogen-bond acceptors (Lipinski definition) is 5. The van der Waals surface area contributed by atoms with Crippen LogP contribution in [0.2, 0.25) is 0 Å². The molecule has 19 heavy (non-hydrogen) atoms. The summed E-state index contributed by atoms with van der Waals surface area (Å²) >= 11 is 0. The number of amides is 1. The van der Waals surface area contributed by atoms with Gasteiger partial charge in [-0.1, -0.05) is 13.8 Å². The minimum Gasteiger partial charge on any atom is -0.480 e. The van der Waals surface area contributed by atoms with Crippen LogP contribution >= 0.6 is 0 Å². The Balaban J connectivity index is 2.85. The van der Waals surface area contributed by atoms with Crippen LogP contribution in [0, 0.1) is 5.92 Å². The summed E-state index contributed by atoms with van der Waals surface area (Å²) in [5.41, 5.74) is 0. The fraction of sp³-hybridized carbons (Fsp3) is 0.800. The van der Waals surface area contributed by atoms with Gasteiger partial charge in [-0.2, -0.15) is 8.42 Å². The van der Waals surface area contributed by atoms with Gasteiger partial charge in [0.05, 0.1) is 6.10 Å². The third-order valence-corrected chi connectivity index (χ3v) is 3.64. The third kappa shape index (κ3) is 4.15. The van der Waals surface area contributed by atoms with E-state index in [1.165, 1.54) is 0 Å². The number of rotatable bonds is 5. The molecule has 1 heterocycles. The second-order valence-corrected chi connectivity index (χ2v) is 5.58. The molecule has 0 aliphatic carbocycles. The molecular formula is C10H17NO7S. The summed E-state index contributed by atoms with van der Waals surface area (Å²) in [4.78, 5) is 24.2. The van der Waals surface area contributed by atoms with E-state index in [9.17, 15) is 18.0 Å². The van der Waals surface area contributed by atoms with Crippen LogP contribution in [0.4, 0.5) is 0 Å². The van der Waals surface area contributed by atoms with Crippen molar-refractivity contribution in [2.24, 2.45) is 5.92 Å². The Bertz CT molecular complexity index is 460. The van der Waals surface area contributed by atoms with E-state index in [2.05, 4.69) is 4.18 Å². The zero-order valence-corrected chi connectivity index (χ0v) is 11.5. The first-order valence-corrected chi connectivity index (χ1v) is 7.21. The van der Waals surface area contributed by atoms with E-state index in [0.717, 1.165) is 4.90 Å². The summed E-state index contributed by atoms with van der Waals surface area (Å²) in [7, 11) is -4.66. The van der Waals surface area contributed by atoms with E-state index >= 15 is 0 Å². The van der Waals surface area contributed by atoms with Crippen molar-refractivity contribution < 1.29 is 31.8 Å². The Hall–Kier alpha value is -1.19. The molecule has 0 aromatic carbocycles. The minimum atomic E-state index is -4.66. The molecule has 1 saturated heterocycles. The second-order valence-electron chi connectivity index (χ2n) is 4.54. The van der Waals surface area contributed by atoms with Crippen LogP contribution < -0.4 is 0 Å². The summed E-state index contributed by atoms with van der Waals surface area (Å²) in [6, 6.07) is -1.13. The molecule has 1 amide bonds. The zero-order valence-electron chi connectivity index (χ0n) is 10.6. The van der Waals surface area contributed by atoms with Crippen molar-refractivity contribution in [1.82, 2.24) is 4.90 Å². The SMILES string of the molecule is CCC(C)C(=O)N1C[C@@H](OS(=O)(=O)O)C[C@@H]1C(=O)O. The highest BCUT2D eigenvalue weighted by molar-refractivity contribution is 7.80. The number of nitrogens with zero attached hydrogens (tertiary/aromatic N) is 1. The number of hydrogen-bond donors (Lipinski definition) is 2. The van der Waals surface area contributed by atoms with E-state index < -0.39 is 28.5 Å². The highest BCUT2D eigenvalue weighted by Gasteiger charge is 2.42. The number of likely N-dealkylation sites (tertiary alicyclic amines) is 1. The molecule has 0 aromatic heterocycles. The zero-order chi connectivity index (χ0) is 14.8. The van der Waals surface area contributed by atoms with Gasteiger partial charge in [0.1, 0.15) is 6.04 Å². The van der Waals surface area contributed by atoms with Crippen molar-refractivity contribution in [3.63, 3.8) is 0 Å². The second kappa shape index (κ2) is 5.85. The van der Waals surface area contributed by atoms with Crippen LogP contribution in [0.3, 0.4) is 0 Å². The first kappa shape index (κ1) is 15.9. The van der Waals surface area contributed by atoms with E-state index in [4.69, 9.17) is 9.66 Å². The lowest BCUT2D eigenvalue weighted by Gasteiger charge is -2.24. The molecule has 0 aromatic rings. The van der Waals surface area contributed by atoms with Gasteiger partial charge in [-0.05, 0) is 6.42 Å². The lowest BCUT2D eigenvalue weighted by molar-refractivity contribution is -0.149.